The monoisotopic (exact) mass is 356 g/mol. The summed E-state index contributed by atoms with van der Waals surface area (Å²) in [5.74, 6) is 1.71. The molecule has 4 unspecified atom stereocenters. The molecular formula is C18H26BrFO. The van der Waals surface area contributed by atoms with Crippen LogP contribution in [0.15, 0.2) is 24.3 Å². The van der Waals surface area contributed by atoms with Gasteiger partial charge in [0.2, 0.25) is 0 Å². The molecule has 1 aliphatic carbocycles. The van der Waals surface area contributed by atoms with Gasteiger partial charge in [-0.25, -0.2) is 4.39 Å². The van der Waals surface area contributed by atoms with Crippen molar-refractivity contribution in [1.82, 2.24) is 0 Å². The lowest BCUT2D eigenvalue weighted by atomic mass is 9.75. The Labute approximate surface area is 136 Å². The third-order valence-electron chi connectivity index (χ3n) is 4.69. The van der Waals surface area contributed by atoms with Crippen LogP contribution in [0.3, 0.4) is 0 Å². The number of ether oxygens (including phenoxy) is 1. The van der Waals surface area contributed by atoms with E-state index >= 15 is 0 Å². The zero-order valence-corrected chi connectivity index (χ0v) is 14.8. The molecule has 0 radical (unpaired) electrons. The van der Waals surface area contributed by atoms with Crippen LogP contribution in [0.25, 0.3) is 0 Å². The molecular weight excluding hydrogens is 331 g/mol. The van der Waals surface area contributed by atoms with Crippen molar-refractivity contribution < 1.29 is 9.13 Å². The maximum absolute atomic E-state index is 14.0. The summed E-state index contributed by atoms with van der Waals surface area (Å²) in [6.45, 7) is 6.83. The number of hydrogen-bond donors (Lipinski definition) is 0. The van der Waals surface area contributed by atoms with Gasteiger partial charge < -0.3 is 4.74 Å². The van der Waals surface area contributed by atoms with Crippen molar-refractivity contribution in [1.29, 1.82) is 0 Å². The minimum absolute atomic E-state index is 0.174. The van der Waals surface area contributed by atoms with Gasteiger partial charge in [0.15, 0.2) is 0 Å². The van der Waals surface area contributed by atoms with Crippen LogP contribution >= 0.6 is 15.9 Å². The number of hydrogen-bond acceptors (Lipinski definition) is 1. The molecule has 21 heavy (non-hydrogen) atoms. The molecule has 1 fully saturated rings. The fourth-order valence-corrected chi connectivity index (χ4v) is 3.91. The van der Waals surface area contributed by atoms with Crippen molar-refractivity contribution in [3.8, 4) is 0 Å². The van der Waals surface area contributed by atoms with Crippen molar-refractivity contribution in [2.45, 2.75) is 52.2 Å². The van der Waals surface area contributed by atoms with Crippen molar-refractivity contribution in [2.24, 2.45) is 17.8 Å². The van der Waals surface area contributed by atoms with E-state index < -0.39 is 0 Å². The highest BCUT2D eigenvalue weighted by Gasteiger charge is 2.33. The molecule has 0 amide bonds. The summed E-state index contributed by atoms with van der Waals surface area (Å²) in [6.07, 6.45) is 3.61. The average Bonchev–Trinajstić information content (AvgIpc) is 2.45. The molecule has 2 rings (SSSR count). The summed E-state index contributed by atoms with van der Waals surface area (Å²) >= 11 is 3.49. The molecule has 4 atom stereocenters. The van der Waals surface area contributed by atoms with Gasteiger partial charge in [-0.2, -0.15) is 0 Å². The van der Waals surface area contributed by atoms with Gasteiger partial charge in [0.1, 0.15) is 5.82 Å². The fourth-order valence-electron chi connectivity index (χ4n) is 3.41. The van der Waals surface area contributed by atoms with Crippen LogP contribution in [-0.2, 0) is 4.74 Å². The predicted octanol–water partition coefficient (Wildman–Crippen LogP) is 5.74. The highest BCUT2D eigenvalue weighted by molar-refractivity contribution is 9.09. The Hall–Kier alpha value is -0.410. The van der Waals surface area contributed by atoms with E-state index in [1.807, 2.05) is 12.1 Å². The Balaban J connectivity index is 2.14. The molecule has 0 saturated heterocycles. The first-order valence-corrected chi connectivity index (χ1v) is 9.11. The molecule has 1 aromatic rings. The lowest BCUT2D eigenvalue weighted by Gasteiger charge is -2.39. The second kappa shape index (κ2) is 7.73. The Bertz CT molecular complexity index is 449. The highest BCUT2D eigenvalue weighted by atomic mass is 79.9. The maximum atomic E-state index is 14.0. The molecule has 118 valence electrons. The first-order chi connectivity index (χ1) is 10.0. The molecule has 0 aromatic heterocycles. The van der Waals surface area contributed by atoms with Crippen LogP contribution in [0.2, 0.25) is 0 Å². The second-order valence-electron chi connectivity index (χ2n) is 6.67. The summed E-state index contributed by atoms with van der Waals surface area (Å²) in [5.41, 5.74) is 0.662. The van der Waals surface area contributed by atoms with Crippen molar-refractivity contribution in [2.75, 3.05) is 5.33 Å². The van der Waals surface area contributed by atoms with E-state index in [4.69, 9.17) is 4.74 Å². The normalized spacial score (nSPS) is 27.8. The summed E-state index contributed by atoms with van der Waals surface area (Å²) in [7, 11) is 0. The molecule has 1 aliphatic rings. The van der Waals surface area contributed by atoms with Crippen LogP contribution in [0, 0.1) is 23.6 Å². The van der Waals surface area contributed by atoms with E-state index in [2.05, 4.69) is 36.7 Å². The lowest BCUT2D eigenvalue weighted by Crippen LogP contribution is -2.35. The number of rotatable bonds is 5. The Morgan fingerprint density at radius 2 is 2.00 bits per heavy atom. The van der Waals surface area contributed by atoms with Gasteiger partial charge in [-0.05, 0) is 36.7 Å². The SMILES string of the molecule is CC1CCC(C(C)C)C(OC(CBr)c2ccccc2F)C1. The molecule has 1 aromatic carbocycles. The van der Waals surface area contributed by atoms with Crippen LogP contribution < -0.4 is 0 Å². The molecule has 0 N–H and O–H groups in total. The molecule has 0 bridgehead atoms. The van der Waals surface area contributed by atoms with Crippen LogP contribution in [0.1, 0.15) is 51.7 Å². The average molecular weight is 357 g/mol. The molecule has 3 heteroatoms. The maximum Gasteiger partial charge on any atom is 0.129 e. The first-order valence-electron chi connectivity index (χ1n) is 7.98. The zero-order valence-electron chi connectivity index (χ0n) is 13.2. The quantitative estimate of drug-likeness (QED) is 0.611. The molecule has 0 spiro atoms. The number of halogens is 2. The van der Waals surface area contributed by atoms with Gasteiger partial charge in [-0.15, -0.1) is 0 Å². The van der Waals surface area contributed by atoms with Gasteiger partial charge in [0.05, 0.1) is 12.2 Å². The Morgan fingerprint density at radius 3 is 2.62 bits per heavy atom. The Morgan fingerprint density at radius 1 is 1.29 bits per heavy atom. The third kappa shape index (κ3) is 4.29. The van der Waals surface area contributed by atoms with Crippen LogP contribution in [0.5, 0.6) is 0 Å². The van der Waals surface area contributed by atoms with Crippen LogP contribution in [-0.4, -0.2) is 11.4 Å². The number of alkyl halides is 1. The van der Waals surface area contributed by atoms with Crippen molar-refractivity contribution in [3.63, 3.8) is 0 Å². The number of benzene rings is 1. The predicted molar refractivity (Wildman–Crippen MR) is 89.2 cm³/mol. The van der Waals surface area contributed by atoms with Crippen molar-refractivity contribution in [3.05, 3.63) is 35.6 Å². The fraction of sp³-hybridized carbons (Fsp3) is 0.667. The second-order valence-corrected chi connectivity index (χ2v) is 7.31. The van der Waals surface area contributed by atoms with E-state index in [0.29, 0.717) is 28.6 Å². The lowest BCUT2D eigenvalue weighted by molar-refractivity contribution is -0.0742. The van der Waals surface area contributed by atoms with E-state index in [-0.39, 0.29) is 18.0 Å². The summed E-state index contributed by atoms with van der Waals surface area (Å²) in [4.78, 5) is 0. The van der Waals surface area contributed by atoms with Gasteiger partial charge in [-0.1, -0.05) is 61.3 Å². The Kier molecular flexibility index (Phi) is 6.24. The van der Waals surface area contributed by atoms with Gasteiger partial charge in [0.25, 0.3) is 0 Å². The molecule has 0 heterocycles. The first kappa shape index (κ1) is 17.0. The minimum atomic E-state index is -0.206. The van der Waals surface area contributed by atoms with Crippen molar-refractivity contribution >= 4 is 15.9 Å². The molecule has 1 nitrogen and oxygen atoms in total. The standard InChI is InChI=1S/C18H26BrFO/c1-12(2)14-9-8-13(3)10-17(14)21-18(11-19)15-6-4-5-7-16(15)20/h4-7,12-14,17-18H,8-11H2,1-3H3. The van der Waals surface area contributed by atoms with Crippen LogP contribution in [0.4, 0.5) is 4.39 Å². The van der Waals surface area contributed by atoms with Gasteiger partial charge in [-0.3, -0.25) is 0 Å². The van der Waals surface area contributed by atoms with Gasteiger partial charge in [0, 0.05) is 10.9 Å². The van der Waals surface area contributed by atoms with Gasteiger partial charge >= 0.3 is 0 Å². The largest absolute Gasteiger partial charge is 0.369 e. The third-order valence-corrected chi connectivity index (χ3v) is 5.28. The van der Waals surface area contributed by atoms with E-state index in [1.54, 1.807) is 6.07 Å². The molecule has 1 saturated carbocycles. The topological polar surface area (TPSA) is 9.23 Å². The minimum Gasteiger partial charge on any atom is -0.369 e. The summed E-state index contributed by atoms with van der Waals surface area (Å²) in [6, 6.07) is 6.94. The molecule has 0 aliphatic heterocycles. The smallest absolute Gasteiger partial charge is 0.129 e. The summed E-state index contributed by atoms with van der Waals surface area (Å²) in [5, 5.41) is 0.629. The summed E-state index contributed by atoms with van der Waals surface area (Å²) < 4.78 is 20.4. The zero-order chi connectivity index (χ0) is 15.4. The van der Waals surface area contributed by atoms with E-state index in [9.17, 15) is 4.39 Å². The van der Waals surface area contributed by atoms with E-state index in [1.165, 1.54) is 18.9 Å². The highest BCUT2D eigenvalue weighted by Crippen LogP contribution is 2.38. The van der Waals surface area contributed by atoms with E-state index in [0.717, 1.165) is 6.42 Å².